The molecule has 0 aliphatic carbocycles. The zero-order valence-corrected chi connectivity index (χ0v) is 9.85. The minimum Gasteiger partial charge on any atom is -0.480 e. The van der Waals surface area contributed by atoms with E-state index in [9.17, 15) is 14.4 Å². The van der Waals surface area contributed by atoms with E-state index in [1.165, 1.54) is 0 Å². The van der Waals surface area contributed by atoms with Gasteiger partial charge in [-0.1, -0.05) is 29.8 Å². The minimum atomic E-state index is -1.24. The van der Waals surface area contributed by atoms with Crippen molar-refractivity contribution in [3.8, 4) is 0 Å². The Morgan fingerprint density at radius 1 is 1.28 bits per heavy atom. The van der Waals surface area contributed by atoms with Crippen molar-refractivity contribution in [2.75, 3.05) is 6.54 Å². The first kappa shape index (κ1) is 12.3. The number of nitrogens with zero attached hydrogens (tertiary/aromatic N) is 1. The largest absolute Gasteiger partial charge is 0.480 e. The highest BCUT2D eigenvalue weighted by Crippen LogP contribution is 2.28. The van der Waals surface area contributed by atoms with Crippen molar-refractivity contribution in [1.29, 1.82) is 0 Å². The van der Waals surface area contributed by atoms with Gasteiger partial charge in [-0.2, -0.15) is 0 Å². The molecule has 6 heteroatoms. The summed E-state index contributed by atoms with van der Waals surface area (Å²) in [4.78, 5) is 34.7. The Morgan fingerprint density at radius 3 is 2.56 bits per heavy atom. The van der Waals surface area contributed by atoms with Crippen molar-refractivity contribution >= 4 is 35.0 Å². The highest BCUT2D eigenvalue weighted by molar-refractivity contribution is 6.39. The zero-order valence-electron chi connectivity index (χ0n) is 9.09. The van der Waals surface area contributed by atoms with Crippen LogP contribution < -0.4 is 0 Å². The minimum absolute atomic E-state index is 0.117. The van der Waals surface area contributed by atoms with Crippen LogP contribution in [0.15, 0.2) is 30.3 Å². The molecule has 1 N–H and O–H groups in total. The van der Waals surface area contributed by atoms with Crippen LogP contribution in [0.2, 0.25) is 5.02 Å². The van der Waals surface area contributed by atoms with Crippen LogP contribution in [0.1, 0.15) is 5.56 Å². The Labute approximate surface area is 107 Å². The summed E-state index contributed by atoms with van der Waals surface area (Å²) in [5.74, 6) is -2.53. The van der Waals surface area contributed by atoms with E-state index in [-0.39, 0.29) is 5.57 Å². The van der Waals surface area contributed by atoms with Gasteiger partial charge in [0.1, 0.15) is 6.54 Å². The highest BCUT2D eigenvalue weighted by Gasteiger charge is 2.33. The van der Waals surface area contributed by atoms with Crippen LogP contribution >= 0.6 is 11.6 Å². The first-order valence-corrected chi connectivity index (χ1v) is 5.42. The van der Waals surface area contributed by atoms with E-state index < -0.39 is 24.3 Å². The van der Waals surface area contributed by atoms with Gasteiger partial charge >= 0.3 is 5.97 Å². The van der Waals surface area contributed by atoms with Gasteiger partial charge in [-0.3, -0.25) is 19.3 Å². The monoisotopic (exact) mass is 265 g/mol. The van der Waals surface area contributed by atoms with Crippen molar-refractivity contribution in [2.24, 2.45) is 0 Å². The predicted octanol–water partition coefficient (Wildman–Crippen LogP) is 1.18. The number of carboxylic acids is 1. The van der Waals surface area contributed by atoms with Crippen molar-refractivity contribution < 1.29 is 19.5 Å². The molecule has 0 saturated heterocycles. The third-order valence-electron chi connectivity index (χ3n) is 2.47. The lowest BCUT2D eigenvalue weighted by Gasteiger charge is -2.11. The fourth-order valence-electron chi connectivity index (χ4n) is 1.67. The molecule has 5 nitrogen and oxygen atoms in total. The maximum absolute atomic E-state index is 11.9. The van der Waals surface area contributed by atoms with Gasteiger partial charge < -0.3 is 5.11 Å². The predicted molar refractivity (Wildman–Crippen MR) is 63.8 cm³/mol. The molecule has 0 unspecified atom stereocenters. The summed E-state index contributed by atoms with van der Waals surface area (Å²) in [6.45, 7) is -0.651. The van der Waals surface area contributed by atoms with Crippen molar-refractivity contribution in [1.82, 2.24) is 4.90 Å². The van der Waals surface area contributed by atoms with Gasteiger partial charge in [-0.05, 0) is 6.07 Å². The molecule has 0 saturated carbocycles. The van der Waals surface area contributed by atoms with Crippen molar-refractivity contribution in [2.45, 2.75) is 0 Å². The van der Waals surface area contributed by atoms with Gasteiger partial charge in [-0.15, -0.1) is 0 Å². The normalized spacial score (nSPS) is 14.9. The van der Waals surface area contributed by atoms with Gasteiger partial charge in [0.25, 0.3) is 11.8 Å². The molecule has 2 rings (SSSR count). The SMILES string of the molecule is O=C(O)CN1C(=O)C=C(c2ccccc2Cl)C1=O. The molecule has 0 spiro atoms. The second-order valence-corrected chi connectivity index (χ2v) is 4.07. The summed E-state index contributed by atoms with van der Waals surface area (Å²) in [5.41, 5.74) is 0.539. The van der Waals surface area contributed by atoms with Gasteiger partial charge in [0.05, 0.1) is 5.57 Å². The van der Waals surface area contributed by atoms with Crippen LogP contribution in [0.3, 0.4) is 0 Å². The average Bonchev–Trinajstić information content (AvgIpc) is 2.57. The van der Waals surface area contributed by atoms with Gasteiger partial charge in [0, 0.05) is 16.7 Å². The molecule has 1 aromatic carbocycles. The molecule has 0 aromatic heterocycles. The number of amides is 2. The van der Waals surface area contributed by atoms with E-state index in [4.69, 9.17) is 16.7 Å². The maximum atomic E-state index is 11.9. The molecule has 92 valence electrons. The smallest absolute Gasteiger partial charge is 0.323 e. The van der Waals surface area contributed by atoms with E-state index in [2.05, 4.69) is 0 Å². The molecule has 1 aliphatic heterocycles. The lowest BCUT2D eigenvalue weighted by Crippen LogP contribution is -2.35. The number of carboxylic acid groups (broad SMARTS) is 1. The first-order valence-electron chi connectivity index (χ1n) is 5.05. The molecular weight excluding hydrogens is 258 g/mol. The summed E-state index contributed by atoms with van der Waals surface area (Å²) in [6, 6.07) is 6.57. The lowest BCUT2D eigenvalue weighted by atomic mass is 10.1. The molecular formula is C12H8ClNO4. The number of hydrogen-bond acceptors (Lipinski definition) is 3. The van der Waals surface area contributed by atoms with Gasteiger partial charge in [0.2, 0.25) is 0 Å². The topological polar surface area (TPSA) is 74.7 Å². The Balaban J connectivity index is 2.35. The van der Waals surface area contributed by atoms with Gasteiger partial charge in [-0.25, -0.2) is 0 Å². The summed E-state index contributed by atoms with van der Waals surface area (Å²) in [6.07, 6.45) is 1.10. The van der Waals surface area contributed by atoms with E-state index in [1.54, 1.807) is 24.3 Å². The number of carbonyl (C=O) groups is 3. The molecule has 2 amide bonds. The third kappa shape index (κ3) is 2.12. The summed E-state index contributed by atoms with van der Waals surface area (Å²) in [7, 11) is 0. The first-order chi connectivity index (χ1) is 8.50. The second kappa shape index (κ2) is 4.62. The van der Waals surface area contributed by atoms with Crippen LogP contribution in [0.4, 0.5) is 0 Å². The average molecular weight is 266 g/mol. The van der Waals surface area contributed by atoms with Crippen molar-refractivity contribution in [3.63, 3.8) is 0 Å². The second-order valence-electron chi connectivity index (χ2n) is 3.66. The third-order valence-corrected chi connectivity index (χ3v) is 2.80. The van der Waals surface area contributed by atoms with Gasteiger partial charge in [0.15, 0.2) is 0 Å². The van der Waals surface area contributed by atoms with Crippen LogP contribution in [-0.2, 0) is 14.4 Å². The number of halogens is 1. The number of hydrogen-bond donors (Lipinski definition) is 1. The molecule has 0 atom stereocenters. The fourth-order valence-corrected chi connectivity index (χ4v) is 1.90. The molecule has 18 heavy (non-hydrogen) atoms. The Morgan fingerprint density at radius 2 is 1.94 bits per heavy atom. The summed E-state index contributed by atoms with van der Waals surface area (Å²) >= 11 is 5.93. The van der Waals surface area contributed by atoms with Crippen LogP contribution in [0, 0.1) is 0 Å². The van der Waals surface area contributed by atoms with Crippen LogP contribution in [0.25, 0.3) is 5.57 Å². The Bertz CT molecular complexity index is 579. The van der Waals surface area contributed by atoms with E-state index >= 15 is 0 Å². The Kier molecular flexibility index (Phi) is 3.16. The fraction of sp³-hybridized carbons (Fsp3) is 0.0833. The van der Waals surface area contributed by atoms with Crippen molar-refractivity contribution in [3.05, 3.63) is 40.9 Å². The number of carbonyl (C=O) groups excluding carboxylic acids is 2. The number of aliphatic carboxylic acids is 1. The highest BCUT2D eigenvalue weighted by atomic mass is 35.5. The maximum Gasteiger partial charge on any atom is 0.323 e. The zero-order chi connectivity index (χ0) is 13.3. The Hall–Kier alpha value is -2.14. The number of imide groups is 1. The van der Waals surface area contributed by atoms with Crippen LogP contribution in [-0.4, -0.2) is 34.3 Å². The lowest BCUT2D eigenvalue weighted by molar-refractivity contribution is -0.147. The van der Waals surface area contributed by atoms with Crippen LogP contribution in [0.5, 0.6) is 0 Å². The molecule has 1 aliphatic rings. The van der Waals surface area contributed by atoms with E-state index in [0.717, 1.165) is 6.08 Å². The molecule has 0 fully saturated rings. The summed E-state index contributed by atoms with van der Waals surface area (Å²) < 4.78 is 0. The van der Waals surface area contributed by atoms with E-state index in [1.807, 2.05) is 0 Å². The molecule has 0 radical (unpaired) electrons. The molecule has 1 heterocycles. The number of rotatable bonds is 3. The molecule has 0 bridgehead atoms. The standard InChI is InChI=1S/C12H8ClNO4/c13-9-4-2-1-3-7(9)8-5-10(15)14(12(8)18)6-11(16)17/h1-5H,6H2,(H,16,17). The molecule has 1 aromatic rings. The summed E-state index contributed by atoms with van der Waals surface area (Å²) in [5, 5.41) is 8.96. The van der Waals surface area contributed by atoms with E-state index in [0.29, 0.717) is 15.5 Å². The quantitative estimate of drug-likeness (QED) is 0.833. The number of benzene rings is 1.